The average molecular weight is 229 g/mol. The molecule has 0 N–H and O–H groups in total. The Labute approximate surface area is 79.3 Å². The van der Waals surface area contributed by atoms with Gasteiger partial charge in [0, 0.05) is 0 Å². The molecule has 0 bridgehead atoms. The largest absolute Gasteiger partial charge is 3.00 e. The number of rotatable bonds is 0. The second-order valence-electron chi connectivity index (χ2n) is 0. The van der Waals surface area contributed by atoms with Crippen molar-refractivity contribution in [2.75, 3.05) is 0 Å². The number of hydrogen-bond donors (Lipinski definition) is 0. The molecule has 0 aliphatic carbocycles. The first-order valence-electron chi connectivity index (χ1n) is 0. The van der Waals surface area contributed by atoms with Gasteiger partial charge in [-0.05, 0) is 0 Å². The van der Waals surface area contributed by atoms with Gasteiger partial charge in [0.2, 0.25) is 0 Å². The molecule has 0 rings (SSSR count). The summed E-state index contributed by atoms with van der Waals surface area (Å²) in [6, 6.07) is 0. The van der Waals surface area contributed by atoms with Crippen molar-refractivity contribution in [2.45, 2.75) is 0 Å². The molecule has 4 heavy (non-hydrogen) atoms. The van der Waals surface area contributed by atoms with Crippen LogP contribution < -0.4 is 0 Å². The van der Waals surface area contributed by atoms with Gasteiger partial charge >= 0.3 is 70.0 Å². The van der Waals surface area contributed by atoms with Gasteiger partial charge in [0.1, 0.15) is 0 Å². The molecule has 0 saturated heterocycles. The Bertz CT molecular complexity index is 6.00. The summed E-state index contributed by atoms with van der Waals surface area (Å²) in [6.45, 7) is 0. The molecule has 0 aromatic heterocycles. The summed E-state index contributed by atoms with van der Waals surface area (Å²) < 4.78 is 0. The minimum Gasteiger partial charge on any atom is -2.00 e. The first-order chi connectivity index (χ1) is 0. The Balaban J connectivity index is 0. The van der Waals surface area contributed by atoms with Crippen molar-refractivity contribution >= 4 is 23.1 Å². The van der Waals surface area contributed by atoms with E-state index in [0.717, 1.165) is 0 Å². The third-order valence-electron chi connectivity index (χ3n) is 0. The average Bonchev–Trinajstić information content (AvgIpc) is 0. The molecule has 0 aliphatic heterocycles. The third kappa shape index (κ3) is 8.88. The van der Waals surface area contributed by atoms with Crippen LogP contribution in [0.1, 0.15) is 0 Å². The second kappa shape index (κ2) is 18.9. The number of hydrogen-bond acceptors (Lipinski definition) is 0. The summed E-state index contributed by atoms with van der Waals surface area (Å²) >= 11 is 0. The molecule has 0 fully saturated rings. The monoisotopic (exact) mass is 230 g/mol. The predicted octanol–water partition coefficient (Wildman–Crippen LogP) is -0.618. The Morgan fingerprint density at radius 2 is 0.750 bits per heavy atom. The molecular formula is MgO2Yb+. The van der Waals surface area contributed by atoms with Gasteiger partial charge in [0.05, 0.1) is 0 Å². The van der Waals surface area contributed by atoms with Crippen LogP contribution in [0.4, 0.5) is 0 Å². The van der Waals surface area contributed by atoms with Gasteiger partial charge < -0.3 is 11.0 Å². The smallest absolute Gasteiger partial charge is 2.00 e. The van der Waals surface area contributed by atoms with E-state index in [1.54, 1.807) is 0 Å². The fourth-order valence-corrected chi connectivity index (χ4v) is 0. The standard InChI is InChI=1S/Mg.2O.Yb/q+2;2*-2;+3. The summed E-state index contributed by atoms with van der Waals surface area (Å²) in [4.78, 5) is 0. The Morgan fingerprint density at radius 3 is 0.750 bits per heavy atom. The maximum atomic E-state index is 0. The minimum absolute atomic E-state index is 0. The zero-order valence-electron chi connectivity index (χ0n) is 1.79. The fourth-order valence-electron chi connectivity index (χ4n) is 0. The van der Waals surface area contributed by atoms with Crippen LogP contribution in [-0.2, 0) is 11.0 Å². The normalized spacial score (nSPS) is 0. The van der Waals surface area contributed by atoms with Crippen molar-refractivity contribution in [1.82, 2.24) is 0 Å². The Morgan fingerprint density at radius 1 is 0.750 bits per heavy atom. The molecule has 0 aromatic carbocycles. The fraction of sp³-hybridized carbons (Fsp3) is 0. The van der Waals surface area contributed by atoms with Crippen LogP contribution in [0.25, 0.3) is 0 Å². The van der Waals surface area contributed by atoms with Gasteiger partial charge in [-0.3, -0.25) is 0 Å². The molecule has 1 radical (unpaired) electrons. The molecule has 0 saturated carbocycles. The van der Waals surface area contributed by atoms with Gasteiger partial charge in [0.15, 0.2) is 0 Å². The van der Waals surface area contributed by atoms with E-state index >= 15 is 0 Å². The molecule has 0 amide bonds. The van der Waals surface area contributed by atoms with E-state index in [4.69, 9.17) is 0 Å². The molecule has 0 spiro atoms. The molecule has 0 aromatic rings. The maximum Gasteiger partial charge on any atom is 3.00 e. The van der Waals surface area contributed by atoms with E-state index in [9.17, 15) is 0 Å². The SMILES string of the molecule is [Mg+2].[O-2].[O-2].[Yb+3]. The first-order valence-corrected chi connectivity index (χ1v) is 0. The zero-order valence-corrected chi connectivity index (χ0v) is 4.92. The molecule has 0 heterocycles. The van der Waals surface area contributed by atoms with Crippen LogP contribution >= 0.6 is 0 Å². The van der Waals surface area contributed by atoms with Crippen molar-refractivity contribution in [3.8, 4) is 0 Å². The van der Waals surface area contributed by atoms with Crippen LogP contribution in [0.5, 0.6) is 0 Å². The van der Waals surface area contributed by atoms with Crippen LogP contribution in [0.2, 0.25) is 0 Å². The van der Waals surface area contributed by atoms with E-state index in [2.05, 4.69) is 0 Å². The van der Waals surface area contributed by atoms with Crippen molar-refractivity contribution in [3.05, 3.63) is 0 Å². The van der Waals surface area contributed by atoms with Gasteiger partial charge in [-0.2, -0.15) is 0 Å². The van der Waals surface area contributed by atoms with E-state index < -0.39 is 0 Å². The van der Waals surface area contributed by atoms with Crippen molar-refractivity contribution in [1.29, 1.82) is 0 Å². The minimum atomic E-state index is 0. The van der Waals surface area contributed by atoms with Gasteiger partial charge in [0.25, 0.3) is 0 Å². The van der Waals surface area contributed by atoms with Gasteiger partial charge in [-0.1, -0.05) is 0 Å². The summed E-state index contributed by atoms with van der Waals surface area (Å²) in [5, 5.41) is 0. The van der Waals surface area contributed by atoms with Crippen LogP contribution in [0.15, 0.2) is 0 Å². The summed E-state index contributed by atoms with van der Waals surface area (Å²) in [5.41, 5.74) is 0. The molecule has 2 nitrogen and oxygen atoms in total. The molecule has 0 aliphatic rings. The summed E-state index contributed by atoms with van der Waals surface area (Å²) in [7, 11) is 0. The Kier molecular flexibility index (Phi) is 164. The summed E-state index contributed by atoms with van der Waals surface area (Å²) in [6.07, 6.45) is 0. The molecular weight excluding hydrogens is 229 g/mol. The van der Waals surface area contributed by atoms with Gasteiger partial charge in [-0.25, -0.2) is 0 Å². The van der Waals surface area contributed by atoms with Crippen LogP contribution in [-0.4, -0.2) is 23.1 Å². The zero-order chi connectivity index (χ0) is 0. The molecule has 4 heteroatoms. The van der Waals surface area contributed by atoms with Crippen LogP contribution in [0, 0.1) is 46.9 Å². The Hall–Kier alpha value is 2.21. The molecule has 27 valence electrons. The van der Waals surface area contributed by atoms with Crippen LogP contribution in [0.3, 0.4) is 0 Å². The molecule has 0 atom stereocenters. The molecule has 0 unspecified atom stereocenters. The van der Waals surface area contributed by atoms with Crippen molar-refractivity contribution in [3.63, 3.8) is 0 Å². The predicted molar refractivity (Wildman–Crippen MR) is 7.13 cm³/mol. The quantitative estimate of drug-likeness (QED) is 0.497. The van der Waals surface area contributed by atoms with E-state index in [1.165, 1.54) is 0 Å². The van der Waals surface area contributed by atoms with E-state index in [-0.39, 0.29) is 80.9 Å². The second-order valence-corrected chi connectivity index (χ2v) is 0. The van der Waals surface area contributed by atoms with Crippen molar-refractivity contribution < 1.29 is 57.9 Å². The topological polar surface area (TPSA) is 57.0 Å². The third-order valence-corrected chi connectivity index (χ3v) is 0. The maximum absolute atomic E-state index is 0. The summed E-state index contributed by atoms with van der Waals surface area (Å²) in [5.74, 6) is 0. The van der Waals surface area contributed by atoms with Gasteiger partial charge in [-0.15, -0.1) is 0 Å². The van der Waals surface area contributed by atoms with E-state index in [1.807, 2.05) is 0 Å². The first kappa shape index (κ1) is 34.6. The van der Waals surface area contributed by atoms with Crippen molar-refractivity contribution in [2.24, 2.45) is 0 Å². The van der Waals surface area contributed by atoms with E-state index in [0.29, 0.717) is 0 Å².